The first-order valence-corrected chi connectivity index (χ1v) is 8.54. The second-order valence-corrected chi connectivity index (χ2v) is 8.21. The Balaban J connectivity index is 2.49. The number of carboxylic acid groups (broad SMARTS) is 1. The summed E-state index contributed by atoms with van der Waals surface area (Å²) in [6.07, 6.45) is 1.06. The number of carboxylic acids is 1. The second kappa shape index (κ2) is 7.04. The van der Waals surface area contributed by atoms with Gasteiger partial charge in [0.25, 0.3) is 0 Å². The van der Waals surface area contributed by atoms with Gasteiger partial charge in [0.1, 0.15) is 0 Å². The molecule has 0 aliphatic rings. The molecule has 0 aromatic heterocycles. The van der Waals surface area contributed by atoms with Crippen molar-refractivity contribution in [2.75, 3.05) is 12.3 Å². The number of nitrogens with one attached hydrogen (secondary N) is 1. The van der Waals surface area contributed by atoms with Gasteiger partial charge in [0, 0.05) is 6.54 Å². The Labute approximate surface area is 126 Å². The van der Waals surface area contributed by atoms with Gasteiger partial charge in [-0.2, -0.15) is 0 Å². The molecule has 1 aromatic carbocycles. The van der Waals surface area contributed by atoms with E-state index in [4.69, 9.17) is 5.11 Å². The molecule has 0 saturated heterocycles. The average Bonchev–Trinajstić information content (AvgIpc) is 2.36. The van der Waals surface area contributed by atoms with Gasteiger partial charge in [-0.1, -0.05) is 32.9 Å². The fraction of sp³-hybridized carbons (Fsp3) is 0.533. The van der Waals surface area contributed by atoms with Crippen LogP contribution in [0.25, 0.3) is 0 Å². The topological polar surface area (TPSA) is 83.5 Å². The molecule has 0 atom stereocenters. The number of sulfonamides is 1. The molecule has 0 fully saturated rings. The van der Waals surface area contributed by atoms with Crippen LogP contribution in [-0.2, 0) is 16.4 Å². The molecule has 21 heavy (non-hydrogen) atoms. The zero-order valence-electron chi connectivity index (χ0n) is 12.7. The summed E-state index contributed by atoms with van der Waals surface area (Å²) in [7, 11) is -3.28. The second-order valence-electron chi connectivity index (χ2n) is 6.28. The molecule has 6 heteroatoms. The molecule has 0 bridgehead atoms. The van der Waals surface area contributed by atoms with Gasteiger partial charge in [-0.3, -0.25) is 0 Å². The smallest absolute Gasteiger partial charge is 0.335 e. The first kappa shape index (κ1) is 17.7. The fourth-order valence-electron chi connectivity index (χ4n) is 1.72. The van der Waals surface area contributed by atoms with Crippen molar-refractivity contribution in [1.82, 2.24) is 4.72 Å². The van der Waals surface area contributed by atoms with E-state index in [1.807, 2.05) is 20.8 Å². The molecule has 0 radical (unpaired) electrons. The molecule has 0 aliphatic heterocycles. The van der Waals surface area contributed by atoms with Gasteiger partial charge in [0.15, 0.2) is 0 Å². The number of carbonyl (C=O) groups is 1. The van der Waals surface area contributed by atoms with E-state index < -0.39 is 16.0 Å². The molecule has 0 heterocycles. The Morgan fingerprint density at radius 1 is 1.29 bits per heavy atom. The maximum Gasteiger partial charge on any atom is 0.335 e. The lowest BCUT2D eigenvalue weighted by atomic mass is 9.94. The van der Waals surface area contributed by atoms with Crippen LogP contribution in [0.1, 0.15) is 43.1 Å². The molecule has 1 rings (SSSR count). The van der Waals surface area contributed by atoms with Gasteiger partial charge in [-0.25, -0.2) is 17.9 Å². The van der Waals surface area contributed by atoms with Gasteiger partial charge < -0.3 is 5.11 Å². The van der Waals surface area contributed by atoms with Crippen molar-refractivity contribution in [3.63, 3.8) is 0 Å². The van der Waals surface area contributed by atoms with Crippen molar-refractivity contribution < 1.29 is 18.3 Å². The molecule has 0 amide bonds. The minimum absolute atomic E-state index is 0.0232. The van der Waals surface area contributed by atoms with Gasteiger partial charge in [0.2, 0.25) is 10.0 Å². The van der Waals surface area contributed by atoms with Crippen LogP contribution in [0.15, 0.2) is 24.3 Å². The SMILES string of the molecule is CC(C)(C)CCS(=O)(=O)NCCc1cccc(C(=O)O)c1. The Bertz CT molecular complexity index is 588. The molecule has 0 saturated carbocycles. The number of rotatable bonds is 7. The Hall–Kier alpha value is -1.40. The van der Waals surface area contributed by atoms with Gasteiger partial charge in [-0.05, 0) is 36.0 Å². The summed E-state index contributed by atoms with van der Waals surface area (Å²) in [5.41, 5.74) is 0.987. The molecule has 5 nitrogen and oxygen atoms in total. The van der Waals surface area contributed by atoms with Crippen LogP contribution >= 0.6 is 0 Å². The van der Waals surface area contributed by atoms with E-state index in [9.17, 15) is 13.2 Å². The largest absolute Gasteiger partial charge is 0.478 e. The molecule has 0 spiro atoms. The van der Waals surface area contributed by atoms with Gasteiger partial charge in [-0.15, -0.1) is 0 Å². The van der Waals surface area contributed by atoms with Crippen LogP contribution in [0.3, 0.4) is 0 Å². The highest BCUT2D eigenvalue weighted by Crippen LogP contribution is 2.18. The summed E-state index contributed by atoms with van der Waals surface area (Å²) in [5.74, 6) is -0.881. The molecule has 0 aliphatic carbocycles. The highest BCUT2D eigenvalue weighted by molar-refractivity contribution is 7.89. The van der Waals surface area contributed by atoms with Gasteiger partial charge >= 0.3 is 5.97 Å². The van der Waals surface area contributed by atoms with Crippen LogP contribution in [0, 0.1) is 5.41 Å². The monoisotopic (exact) mass is 313 g/mol. The van der Waals surface area contributed by atoms with E-state index >= 15 is 0 Å². The summed E-state index contributed by atoms with van der Waals surface area (Å²) in [6.45, 7) is 6.27. The lowest BCUT2D eigenvalue weighted by Crippen LogP contribution is -2.30. The van der Waals surface area contributed by atoms with E-state index in [0.29, 0.717) is 12.8 Å². The molecule has 0 unspecified atom stereocenters. The summed E-state index contributed by atoms with van der Waals surface area (Å²) < 4.78 is 26.2. The van der Waals surface area contributed by atoms with Crippen molar-refractivity contribution >= 4 is 16.0 Å². The van der Waals surface area contributed by atoms with Gasteiger partial charge in [0.05, 0.1) is 11.3 Å². The zero-order valence-corrected chi connectivity index (χ0v) is 13.5. The highest BCUT2D eigenvalue weighted by Gasteiger charge is 2.16. The molecule has 1 aromatic rings. The summed E-state index contributed by atoms with van der Waals surface area (Å²) >= 11 is 0. The highest BCUT2D eigenvalue weighted by atomic mass is 32.2. The standard InChI is InChI=1S/C15H23NO4S/c1-15(2,3)8-10-21(19,20)16-9-7-12-5-4-6-13(11-12)14(17)18/h4-6,11,16H,7-10H2,1-3H3,(H,17,18). The van der Waals surface area contributed by atoms with E-state index in [1.165, 1.54) is 6.07 Å². The van der Waals surface area contributed by atoms with Crippen molar-refractivity contribution in [2.45, 2.75) is 33.6 Å². The average molecular weight is 313 g/mol. The number of hydrogen-bond donors (Lipinski definition) is 2. The van der Waals surface area contributed by atoms with E-state index in [0.717, 1.165) is 5.56 Å². The number of benzene rings is 1. The molecule has 2 N–H and O–H groups in total. The number of hydrogen-bond acceptors (Lipinski definition) is 3. The first-order chi connectivity index (χ1) is 9.59. The van der Waals surface area contributed by atoms with Crippen LogP contribution < -0.4 is 4.72 Å². The predicted molar refractivity (Wildman–Crippen MR) is 83.0 cm³/mol. The Morgan fingerprint density at radius 2 is 1.95 bits per heavy atom. The van der Waals surface area contributed by atoms with Crippen molar-refractivity contribution in [1.29, 1.82) is 0 Å². The Kier molecular flexibility index (Phi) is 5.92. The Morgan fingerprint density at radius 3 is 2.52 bits per heavy atom. The predicted octanol–water partition coefficient (Wildman–Crippen LogP) is 2.28. The summed E-state index contributed by atoms with van der Waals surface area (Å²) in [6, 6.07) is 6.52. The van der Waals surface area contributed by atoms with E-state index in [2.05, 4.69) is 4.72 Å². The third kappa shape index (κ3) is 7.24. The first-order valence-electron chi connectivity index (χ1n) is 6.89. The third-order valence-electron chi connectivity index (χ3n) is 3.03. The maximum absolute atomic E-state index is 11.8. The molecular formula is C15H23NO4S. The van der Waals surface area contributed by atoms with Crippen molar-refractivity contribution in [2.24, 2.45) is 5.41 Å². The van der Waals surface area contributed by atoms with Crippen molar-refractivity contribution in [3.8, 4) is 0 Å². The summed E-state index contributed by atoms with van der Waals surface area (Å²) in [4.78, 5) is 10.9. The van der Waals surface area contributed by atoms with Crippen LogP contribution in [-0.4, -0.2) is 31.8 Å². The van der Waals surface area contributed by atoms with Crippen LogP contribution in [0.5, 0.6) is 0 Å². The minimum atomic E-state index is -3.28. The molecular weight excluding hydrogens is 290 g/mol. The molecule has 118 valence electrons. The number of aromatic carboxylic acids is 1. The zero-order chi connectivity index (χ0) is 16.1. The summed E-state index contributed by atoms with van der Waals surface area (Å²) in [5, 5.41) is 8.90. The maximum atomic E-state index is 11.8. The fourth-order valence-corrected chi connectivity index (χ4v) is 3.16. The van der Waals surface area contributed by atoms with Crippen molar-refractivity contribution in [3.05, 3.63) is 35.4 Å². The minimum Gasteiger partial charge on any atom is -0.478 e. The normalized spacial score (nSPS) is 12.3. The third-order valence-corrected chi connectivity index (χ3v) is 4.42. The van der Waals surface area contributed by atoms with Crippen LogP contribution in [0.4, 0.5) is 0 Å². The lowest BCUT2D eigenvalue weighted by molar-refractivity contribution is 0.0696. The van der Waals surface area contributed by atoms with E-state index in [1.54, 1.807) is 18.2 Å². The lowest BCUT2D eigenvalue weighted by Gasteiger charge is -2.17. The van der Waals surface area contributed by atoms with Crippen LogP contribution in [0.2, 0.25) is 0 Å². The van der Waals surface area contributed by atoms with E-state index in [-0.39, 0.29) is 23.3 Å². The quantitative estimate of drug-likeness (QED) is 0.809.